The predicted octanol–water partition coefficient (Wildman–Crippen LogP) is 6.40. The van der Waals surface area contributed by atoms with Crippen LogP contribution < -0.4 is 10.1 Å². The molecule has 0 heterocycles. The summed E-state index contributed by atoms with van der Waals surface area (Å²) in [5.74, 6) is 1.07. The van der Waals surface area contributed by atoms with E-state index in [2.05, 4.69) is 72.9 Å². The molecule has 3 aromatic rings. The molecule has 3 rings (SSSR count). The zero-order valence-corrected chi connectivity index (χ0v) is 19.0. The van der Waals surface area contributed by atoms with Crippen molar-refractivity contribution in [2.45, 2.75) is 13.3 Å². The van der Waals surface area contributed by atoms with Crippen molar-refractivity contribution in [1.82, 2.24) is 5.32 Å². The highest BCUT2D eigenvalue weighted by Crippen LogP contribution is 2.34. The van der Waals surface area contributed by atoms with E-state index in [1.807, 2.05) is 24.3 Å². The van der Waals surface area contributed by atoms with Gasteiger partial charge in [-0.2, -0.15) is 0 Å². The molecule has 0 saturated heterocycles. The van der Waals surface area contributed by atoms with Crippen molar-refractivity contribution in [3.63, 3.8) is 0 Å². The number of halogens is 1. The lowest BCUT2D eigenvalue weighted by Crippen LogP contribution is -2.27. The molecule has 0 aliphatic heterocycles. The molecule has 4 nitrogen and oxygen atoms in total. The fourth-order valence-electron chi connectivity index (χ4n) is 3.50. The molecule has 166 valence electrons. The Bertz CT molecular complexity index is 1000. The highest BCUT2D eigenvalue weighted by molar-refractivity contribution is 6.18. The minimum Gasteiger partial charge on any atom is -0.490 e. The standard InChI is InChI=1S/C27H28ClNO3/c1-2-25(21-9-5-3-6-10-21)26(22-11-7-4-8-12-22)23-13-15-24(16-14-23)31-19-20-32-27(30)29-18-17-28/h3-16H,2,17-20H2,1H3,(H,29,30)/b26-25-. The van der Waals surface area contributed by atoms with Crippen LogP contribution in [0.3, 0.4) is 0 Å². The topological polar surface area (TPSA) is 47.6 Å². The second-order valence-corrected chi connectivity index (χ2v) is 7.44. The zero-order chi connectivity index (χ0) is 22.6. The van der Waals surface area contributed by atoms with Crippen molar-refractivity contribution in [1.29, 1.82) is 0 Å². The Morgan fingerprint density at radius 3 is 2.00 bits per heavy atom. The summed E-state index contributed by atoms with van der Waals surface area (Å²) in [6.45, 7) is 3.01. The lowest BCUT2D eigenvalue weighted by Gasteiger charge is -2.17. The van der Waals surface area contributed by atoms with Crippen molar-refractivity contribution < 1.29 is 14.3 Å². The van der Waals surface area contributed by atoms with Crippen LogP contribution in [0.2, 0.25) is 0 Å². The summed E-state index contributed by atoms with van der Waals surface area (Å²) in [5.41, 5.74) is 6.03. The quantitative estimate of drug-likeness (QED) is 0.221. The molecule has 0 aliphatic rings. The van der Waals surface area contributed by atoms with E-state index in [9.17, 15) is 4.79 Å². The maximum absolute atomic E-state index is 11.4. The molecule has 0 bridgehead atoms. The van der Waals surface area contributed by atoms with Crippen molar-refractivity contribution >= 4 is 28.8 Å². The molecule has 3 aromatic carbocycles. The highest BCUT2D eigenvalue weighted by atomic mass is 35.5. The number of amides is 1. The van der Waals surface area contributed by atoms with Gasteiger partial charge in [-0.1, -0.05) is 79.7 Å². The van der Waals surface area contributed by atoms with Crippen LogP contribution in [-0.2, 0) is 4.74 Å². The molecule has 0 saturated carbocycles. The number of hydrogen-bond acceptors (Lipinski definition) is 3. The third-order valence-corrected chi connectivity index (χ3v) is 5.12. The lowest BCUT2D eigenvalue weighted by molar-refractivity contribution is 0.125. The van der Waals surface area contributed by atoms with E-state index in [1.165, 1.54) is 22.3 Å². The van der Waals surface area contributed by atoms with Gasteiger partial charge in [0.15, 0.2) is 0 Å². The SMILES string of the molecule is CC/C(=C(\c1ccccc1)c1ccc(OCCOC(=O)NCCCl)cc1)c1ccccc1. The van der Waals surface area contributed by atoms with Gasteiger partial charge in [-0.15, -0.1) is 11.6 Å². The maximum Gasteiger partial charge on any atom is 0.407 e. The Hall–Kier alpha value is -3.24. The summed E-state index contributed by atoms with van der Waals surface area (Å²) in [7, 11) is 0. The first-order chi connectivity index (χ1) is 15.7. The third kappa shape index (κ3) is 6.63. The first kappa shape index (κ1) is 23.4. The van der Waals surface area contributed by atoms with Crippen LogP contribution in [0.15, 0.2) is 84.9 Å². The second-order valence-electron chi connectivity index (χ2n) is 7.06. The van der Waals surface area contributed by atoms with E-state index in [1.54, 1.807) is 0 Å². The van der Waals surface area contributed by atoms with Gasteiger partial charge in [-0.3, -0.25) is 0 Å². The molecule has 0 atom stereocenters. The van der Waals surface area contributed by atoms with Gasteiger partial charge in [0.2, 0.25) is 0 Å². The molecule has 5 heteroatoms. The molecule has 1 amide bonds. The predicted molar refractivity (Wildman–Crippen MR) is 131 cm³/mol. The number of alkyl halides is 1. The van der Waals surface area contributed by atoms with Gasteiger partial charge in [-0.25, -0.2) is 4.79 Å². The number of ether oxygens (including phenoxy) is 2. The van der Waals surface area contributed by atoms with Gasteiger partial charge in [0.05, 0.1) is 0 Å². The van der Waals surface area contributed by atoms with Crippen molar-refractivity contribution in [3.05, 3.63) is 102 Å². The van der Waals surface area contributed by atoms with Crippen LogP contribution in [0.25, 0.3) is 11.1 Å². The molecular weight excluding hydrogens is 422 g/mol. The van der Waals surface area contributed by atoms with Crippen LogP contribution in [0.1, 0.15) is 30.0 Å². The minimum absolute atomic E-state index is 0.166. The monoisotopic (exact) mass is 449 g/mol. The van der Waals surface area contributed by atoms with E-state index >= 15 is 0 Å². The van der Waals surface area contributed by atoms with Crippen LogP contribution in [-0.4, -0.2) is 31.7 Å². The lowest BCUT2D eigenvalue weighted by atomic mass is 9.88. The highest BCUT2D eigenvalue weighted by Gasteiger charge is 2.13. The largest absolute Gasteiger partial charge is 0.490 e. The summed E-state index contributed by atoms with van der Waals surface area (Å²) in [6.07, 6.45) is 0.422. The van der Waals surface area contributed by atoms with Gasteiger partial charge in [0, 0.05) is 12.4 Å². The molecule has 0 spiro atoms. The summed E-state index contributed by atoms with van der Waals surface area (Å²) in [4.78, 5) is 11.4. The molecule has 1 N–H and O–H groups in total. The Labute approximate surface area is 194 Å². The van der Waals surface area contributed by atoms with Crippen molar-refractivity contribution in [2.75, 3.05) is 25.6 Å². The fourth-order valence-corrected chi connectivity index (χ4v) is 3.59. The van der Waals surface area contributed by atoms with Gasteiger partial charge >= 0.3 is 6.09 Å². The average Bonchev–Trinajstić information content (AvgIpc) is 2.85. The number of carbonyl (C=O) groups is 1. The number of alkyl carbamates (subject to hydrolysis) is 1. The third-order valence-electron chi connectivity index (χ3n) is 4.93. The fraction of sp³-hybridized carbons (Fsp3) is 0.222. The summed E-state index contributed by atoms with van der Waals surface area (Å²) < 4.78 is 10.8. The second kappa shape index (κ2) is 12.6. The van der Waals surface area contributed by atoms with Crippen LogP contribution >= 0.6 is 11.6 Å². The molecule has 0 aliphatic carbocycles. The number of hydrogen-bond donors (Lipinski definition) is 1. The Morgan fingerprint density at radius 1 is 0.812 bits per heavy atom. The normalized spacial score (nSPS) is 11.4. The summed E-state index contributed by atoms with van der Waals surface area (Å²) in [5, 5.41) is 2.54. The Kier molecular flexibility index (Phi) is 9.20. The number of rotatable bonds is 10. The number of carbonyl (C=O) groups excluding carboxylic acids is 1. The Balaban J connectivity index is 1.77. The van der Waals surface area contributed by atoms with E-state index in [0.717, 1.165) is 17.7 Å². The number of nitrogens with one attached hydrogen (secondary N) is 1. The summed E-state index contributed by atoms with van der Waals surface area (Å²) >= 11 is 5.53. The average molecular weight is 450 g/mol. The van der Waals surface area contributed by atoms with Crippen molar-refractivity contribution in [3.8, 4) is 5.75 Å². The molecule has 0 aromatic heterocycles. The van der Waals surface area contributed by atoms with Crippen LogP contribution in [0.4, 0.5) is 4.79 Å². The molecule has 32 heavy (non-hydrogen) atoms. The summed E-state index contributed by atoms with van der Waals surface area (Å²) in [6, 6.07) is 29.0. The minimum atomic E-state index is -0.491. The Morgan fingerprint density at radius 2 is 1.41 bits per heavy atom. The van der Waals surface area contributed by atoms with Gasteiger partial charge in [0.1, 0.15) is 19.0 Å². The first-order valence-corrected chi connectivity index (χ1v) is 11.3. The van der Waals surface area contributed by atoms with E-state index in [-0.39, 0.29) is 13.2 Å². The molecule has 0 fully saturated rings. The first-order valence-electron chi connectivity index (χ1n) is 10.8. The van der Waals surface area contributed by atoms with E-state index < -0.39 is 6.09 Å². The van der Waals surface area contributed by atoms with Crippen LogP contribution in [0.5, 0.6) is 5.75 Å². The van der Waals surface area contributed by atoms with Crippen molar-refractivity contribution in [2.24, 2.45) is 0 Å². The van der Waals surface area contributed by atoms with E-state index in [4.69, 9.17) is 21.1 Å². The van der Waals surface area contributed by atoms with Gasteiger partial charge in [-0.05, 0) is 46.4 Å². The smallest absolute Gasteiger partial charge is 0.407 e. The molecule has 0 radical (unpaired) electrons. The van der Waals surface area contributed by atoms with E-state index in [0.29, 0.717) is 12.4 Å². The van der Waals surface area contributed by atoms with Gasteiger partial charge < -0.3 is 14.8 Å². The zero-order valence-electron chi connectivity index (χ0n) is 18.2. The maximum atomic E-state index is 11.4. The van der Waals surface area contributed by atoms with Gasteiger partial charge in [0.25, 0.3) is 0 Å². The van der Waals surface area contributed by atoms with Crippen LogP contribution in [0, 0.1) is 0 Å². The molecule has 0 unspecified atom stereocenters. The number of benzene rings is 3. The number of allylic oxidation sites excluding steroid dienone is 1. The molecular formula is C27H28ClNO3.